The van der Waals surface area contributed by atoms with Gasteiger partial charge < -0.3 is 14.9 Å². The molecule has 0 aliphatic heterocycles. The molecule has 2 aromatic rings. The topological polar surface area (TPSA) is 49.7 Å². The number of hydrogen-bond donors (Lipinski definition) is 2. The highest BCUT2D eigenvalue weighted by atomic mass is 35.5. The van der Waals surface area contributed by atoms with E-state index in [-0.39, 0.29) is 11.5 Å². The van der Waals surface area contributed by atoms with Crippen LogP contribution in [0.3, 0.4) is 0 Å². The Bertz CT molecular complexity index is 526. The van der Waals surface area contributed by atoms with Crippen molar-refractivity contribution >= 4 is 11.6 Å². The number of phenolic OH excluding ortho intramolecular Hbond substituents is 2. The van der Waals surface area contributed by atoms with Crippen LogP contribution in [-0.4, -0.2) is 10.2 Å². The molecule has 0 amide bonds. The van der Waals surface area contributed by atoms with E-state index in [0.29, 0.717) is 17.4 Å². The maximum atomic E-state index is 9.29. The molecule has 0 saturated heterocycles. The molecule has 0 atom stereocenters. The summed E-state index contributed by atoms with van der Waals surface area (Å²) in [5, 5.41) is 19.1. The van der Waals surface area contributed by atoms with Gasteiger partial charge in [-0.25, -0.2) is 0 Å². The van der Waals surface area contributed by atoms with E-state index >= 15 is 0 Å². The fourth-order valence-corrected chi connectivity index (χ4v) is 1.60. The highest BCUT2D eigenvalue weighted by Gasteiger charge is 2.02. The van der Waals surface area contributed by atoms with Crippen molar-refractivity contribution in [3.63, 3.8) is 0 Å². The van der Waals surface area contributed by atoms with Gasteiger partial charge in [-0.3, -0.25) is 0 Å². The molecular formula is C13H11ClO3. The van der Waals surface area contributed by atoms with Crippen molar-refractivity contribution in [2.24, 2.45) is 0 Å². The molecule has 0 spiro atoms. The van der Waals surface area contributed by atoms with Crippen molar-refractivity contribution in [3.05, 3.63) is 53.1 Å². The number of phenols is 2. The molecule has 0 radical (unpaired) electrons. The van der Waals surface area contributed by atoms with Crippen LogP contribution in [0.4, 0.5) is 0 Å². The van der Waals surface area contributed by atoms with Gasteiger partial charge >= 0.3 is 0 Å². The SMILES string of the molecule is Oc1ccc(OCc2cccc(Cl)c2)cc1O. The summed E-state index contributed by atoms with van der Waals surface area (Å²) in [6.07, 6.45) is 0. The van der Waals surface area contributed by atoms with Crippen molar-refractivity contribution in [3.8, 4) is 17.2 Å². The fourth-order valence-electron chi connectivity index (χ4n) is 1.39. The molecule has 0 unspecified atom stereocenters. The van der Waals surface area contributed by atoms with Crippen LogP contribution in [-0.2, 0) is 6.61 Å². The second kappa shape index (κ2) is 4.97. The van der Waals surface area contributed by atoms with Crippen LogP contribution in [0.2, 0.25) is 5.02 Å². The van der Waals surface area contributed by atoms with Crippen molar-refractivity contribution in [2.45, 2.75) is 6.61 Å². The van der Waals surface area contributed by atoms with Gasteiger partial charge in [0.1, 0.15) is 12.4 Å². The van der Waals surface area contributed by atoms with Gasteiger partial charge in [0.15, 0.2) is 11.5 Å². The van der Waals surface area contributed by atoms with Crippen molar-refractivity contribution < 1.29 is 14.9 Å². The Morgan fingerprint density at radius 3 is 2.53 bits per heavy atom. The number of ether oxygens (including phenoxy) is 1. The van der Waals surface area contributed by atoms with Crippen LogP contribution < -0.4 is 4.74 Å². The summed E-state index contributed by atoms with van der Waals surface area (Å²) in [5.74, 6) is 0.119. The fraction of sp³-hybridized carbons (Fsp3) is 0.0769. The third kappa shape index (κ3) is 3.04. The standard InChI is InChI=1S/C13H11ClO3/c14-10-3-1-2-9(6-10)8-17-11-4-5-12(15)13(16)7-11/h1-7,15-16H,8H2. The number of hydrogen-bond acceptors (Lipinski definition) is 3. The molecule has 0 fully saturated rings. The summed E-state index contributed by atoms with van der Waals surface area (Å²) >= 11 is 5.84. The second-order valence-corrected chi connectivity index (χ2v) is 4.01. The first-order valence-corrected chi connectivity index (χ1v) is 5.42. The molecule has 2 aromatic carbocycles. The summed E-state index contributed by atoms with van der Waals surface area (Å²) in [6, 6.07) is 11.7. The normalized spacial score (nSPS) is 10.2. The zero-order chi connectivity index (χ0) is 12.3. The minimum atomic E-state index is -0.200. The van der Waals surface area contributed by atoms with Gasteiger partial charge in [0.25, 0.3) is 0 Å². The predicted molar refractivity (Wildman–Crippen MR) is 65.6 cm³/mol. The van der Waals surface area contributed by atoms with Gasteiger partial charge in [-0.2, -0.15) is 0 Å². The van der Waals surface area contributed by atoms with E-state index in [9.17, 15) is 5.11 Å². The molecular weight excluding hydrogens is 240 g/mol. The molecule has 0 saturated carbocycles. The van der Waals surface area contributed by atoms with Crippen LogP contribution in [0.5, 0.6) is 17.2 Å². The van der Waals surface area contributed by atoms with Crippen LogP contribution in [0, 0.1) is 0 Å². The molecule has 2 rings (SSSR count). The summed E-state index contributed by atoms with van der Waals surface area (Å²) in [5.41, 5.74) is 0.935. The van der Waals surface area contributed by atoms with E-state index in [4.69, 9.17) is 21.4 Å². The lowest BCUT2D eigenvalue weighted by atomic mass is 10.2. The van der Waals surface area contributed by atoms with Crippen molar-refractivity contribution in [1.82, 2.24) is 0 Å². The Morgan fingerprint density at radius 1 is 1.00 bits per heavy atom. The van der Waals surface area contributed by atoms with Crippen molar-refractivity contribution in [1.29, 1.82) is 0 Å². The van der Waals surface area contributed by atoms with Gasteiger partial charge in [-0.15, -0.1) is 0 Å². The summed E-state index contributed by atoms with van der Waals surface area (Å²) < 4.78 is 5.45. The van der Waals surface area contributed by atoms with E-state index in [0.717, 1.165) is 5.56 Å². The predicted octanol–water partition coefficient (Wildman–Crippen LogP) is 3.33. The maximum absolute atomic E-state index is 9.29. The quantitative estimate of drug-likeness (QED) is 0.822. The minimum Gasteiger partial charge on any atom is -0.504 e. The van der Waals surface area contributed by atoms with Crippen LogP contribution >= 0.6 is 11.6 Å². The van der Waals surface area contributed by atoms with E-state index in [2.05, 4.69) is 0 Å². The molecule has 0 aliphatic rings. The lowest BCUT2D eigenvalue weighted by Gasteiger charge is -2.07. The van der Waals surface area contributed by atoms with Gasteiger partial charge in [0.05, 0.1) is 0 Å². The molecule has 0 heterocycles. The Kier molecular flexibility index (Phi) is 3.40. The van der Waals surface area contributed by atoms with E-state index in [1.165, 1.54) is 12.1 Å². The van der Waals surface area contributed by atoms with E-state index in [1.807, 2.05) is 18.2 Å². The third-order valence-corrected chi connectivity index (χ3v) is 2.48. The average Bonchev–Trinajstić information content (AvgIpc) is 2.31. The Labute approximate surface area is 104 Å². The van der Waals surface area contributed by atoms with Gasteiger partial charge in [0.2, 0.25) is 0 Å². The van der Waals surface area contributed by atoms with Crippen LogP contribution in [0.25, 0.3) is 0 Å². The second-order valence-electron chi connectivity index (χ2n) is 3.57. The average molecular weight is 251 g/mol. The first kappa shape index (κ1) is 11.6. The Morgan fingerprint density at radius 2 is 1.82 bits per heavy atom. The highest BCUT2D eigenvalue weighted by Crippen LogP contribution is 2.29. The molecule has 4 heteroatoms. The number of rotatable bonds is 3. The monoisotopic (exact) mass is 250 g/mol. The van der Waals surface area contributed by atoms with Crippen LogP contribution in [0.1, 0.15) is 5.56 Å². The van der Waals surface area contributed by atoms with E-state index in [1.54, 1.807) is 12.1 Å². The molecule has 0 aliphatic carbocycles. The first-order chi connectivity index (χ1) is 8.15. The lowest BCUT2D eigenvalue weighted by Crippen LogP contribution is -1.94. The zero-order valence-electron chi connectivity index (χ0n) is 8.93. The van der Waals surface area contributed by atoms with Gasteiger partial charge in [-0.1, -0.05) is 23.7 Å². The van der Waals surface area contributed by atoms with Gasteiger partial charge in [0, 0.05) is 11.1 Å². The van der Waals surface area contributed by atoms with Crippen molar-refractivity contribution in [2.75, 3.05) is 0 Å². The third-order valence-electron chi connectivity index (χ3n) is 2.24. The van der Waals surface area contributed by atoms with Gasteiger partial charge in [-0.05, 0) is 29.8 Å². The molecule has 0 bridgehead atoms. The van der Waals surface area contributed by atoms with Crippen LogP contribution in [0.15, 0.2) is 42.5 Å². The minimum absolute atomic E-state index is 0.167. The Balaban J connectivity index is 2.05. The largest absolute Gasteiger partial charge is 0.504 e. The zero-order valence-corrected chi connectivity index (χ0v) is 9.69. The first-order valence-electron chi connectivity index (χ1n) is 5.04. The lowest BCUT2D eigenvalue weighted by molar-refractivity contribution is 0.302. The molecule has 3 nitrogen and oxygen atoms in total. The number of benzene rings is 2. The smallest absolute Gasteiger partial charge is 0.161 e. The van der Waals surface area contributed by atoms with E-state index < -0.39 is 0 Å². The molecule has 0 aromatic heterocycles. The Hall–Kier alpha value is -1.87. The molecule has 17 heavy (non-hydrogen) atoms. The molecule has 88 valence electrons. The summed E-state index contributed by atoms with van der Waals surface area (Å²) in [4.78, 5) is 0. The number of halogens is 1. The number of aromatic hydroxyl groups is 2. The maximum Gasteiger partial charge on any atom is 0.161 e. The summed E-state index contributed by atoms with van der Waals surface area (Å²) in [7, 11) is 0. The molecule has 2 N–H and O–H groups in total. The summed E-state index contributed by atoms with van der Waals surface area (Å²) in [6.45, 7) is 0.352. The highest BCUT2D eigenvalue weighted by molar-refractivity contribution is 6.30.